The van der Waals surface area contributed by atoms with Gasteiger partial charge in [0.15, 0.2) is 11.5 Å². The summed E-state index contributed by atoms with van der Waals surface area (Å²) >= 11 is 0. The second-order valence-corrected chi connectivity index (χ2v) is 11.1. The smallest absolute Gasteiger partial charge is 0.178 e. The fraction of sp³-hybridized carbons (Fsp3) is 0.281. The molecule has 0 aliphatic carbocycles. The van der Waals surface area contributed by atoms with E-state index in [0.29, 0.717) is 17.2 Å². The van der Waals surface area contributed by atoms with Gasteiger partial charge in [0.05, 0.1) is 22.9 Å². The molecule has 0 unspecified atom stereocenters. The van der Waals surface area contributed by atoms with Crippen LogP contribution < -0.4 is 10.2 Å². The number of aromatic amines is 2. The van der Waals surface area contributed by atoms with Crippen molar-refractivity contribution < 1.29 is 4.39 Å². The summed E-state index contributed by atoms with van der Waals surface area (Å²) in [5.41, 5.74) is 8.02. The summed E-state index contributed by atoms with van der Waals surface area (Å²) in [6, 6.07) is 11.1. The monoisotopic (exact) mass is 576 g/mol. The predicted octanol–water partition coefficient (Wildman–Crippen LogP) is 5.02. The second-order valence-electron chi connectivity index (χ2n) is 11.1. The van der Waals surface area contributed by atoms with E-state index in [1.165, 1.54) is 18.4 Å². The van der Waals surface area contributed by atoms with Gasteiger partial charge in [-0.3, -0.25) is 20.0 Å². The Bertz CT molecular complexity index is 1910. The second kappa shape index (κ2) is 11.5. The summed E-state index contributed by atoms with van der Waals surface area (Å²) in [4.78, 5) is 26.4. The average molecular weight is 577 g/mol. The number of benzene rings is 1. The Balaban J connectivity index is 1.24. The van der Waals surface area contributed by atoms with Crippen LogP contribution in [0.2, 0.25) is 0 Å². The SMILES string of the molecule is CNCCN(C)c1cc(F)cc(-c2ccnc3nc(-c4n[nH]c5cnc(-c6cncc(CN7CCCC7)c6)cc45)[nH]c23)c1. The van der Waals surface area contributed by atoms with Gasteiger partial charge in [-0.1, -0.05) is 0 Å². The molecule has 0 bridgehead atoms. The van der Waals surface area contributed by atoms with Crippen LogP contribution in [-0.4, -0.2) is 80.3 Å². The highest BCUT2D eigenvalue weighted by Gasteiger charge is 2.18. The van der Waals surface area contributed by atoms with Crippen molar-refractivity contribution in [1.82, 2.24) is 45.3 Å². The molecule has 0 radical (unpaired) electrons. The van der Waals surface area contributed by atoms with Gasteiger partial charge in [-0.2, -0.15) is 5.10 Å². The maximum atomic E-state index is 14.8. The summed E-state index contributed by atoms with van der Waals surface area (Å²) < 4.78 is 14.8. The van der Waals surface area contributed by atoms with E-state index in [2.05, 4.69) is 41.4 Å². The Morgan fingerprint density at radius 1 is 1.02 bits per heavy atom. The number of H-pyrrole nitrogens is 2. The quantitative estimate of drug-likeness (QED) is 0.220. The van der Waals surface area contributed by atoms with Gasteiger partial charge >= 0.3 is 0 Å². The van der Waals surface area contributed by atoms with Gasteiger partial charge in [-0.15, -0.1) is 0 Å². The molecule has 7 rings (SSSR count). The highest BCUT2D eigenvalue weighted by Crippen LogP contribution is 2.33. The highest BCUT2D eigenvalue weighted by atomic mass is 19.1. The zero-order valence-electron chi connectivity index (χ0n) is 24.2. The molecular formula is C32H33FN10. The van der Waals surface area contributed by atoms with Gasteiger partial charge in [-0.25, -0.2) is 14.4 Å². The minimum Gasteiger partial charge on any atom is -0.373 e. The summed E-state index contributed by atoms with van der Waals surface area (Å²) in [5.74, 6) is 0.271. The first-order valence-electron chi connectivity index (χ1n) is 14.6. The fourth-order valence-corrected chi connectivity index (χ4v) is 5.79. The third-order valence-electron chi connectivity index (χ3n) is 8.09. The van der Waals surface area contributed by atoms with Crippen molar-refractivity contribution in [2.45, 2.75) is 19.4 Å². The molecule has 0 atom stereocenters. The highest BCUT2D eigenvalue weighted by molar-refractivity contribution is 5.97. The van der Waals surface area contributed by atoms with E-state index in [9.17, 15) is 4.39 Å². The number of nitrogens with zero attached hydrogens (tertiary/aromatic N) is 7. The first-order valence-corrected chi connectivity index (χ1v) is 14.6. The van der Waals surface area contributed by atoms with Crippen LogP contribution in [0.1, 0.15) is 18.4 Å². The minimum atomic E-state index is -0.300. The lowest BCUT2D eigenvalue weighted by Gasteiger charge is -2.20. The van der Waals surface area contributed by atoms with Crippen molar-refractivity contribution in [2.75, 3.05) is 45.2 Å². The van der Waals surface area contributed by atoms with Crippen LogP contribution >= 0.6 is 0 Å². The van der Waals surface area contributed by atoms with Crippen LogP contribution in [0.4, 0.5) is 10.1 Å². The molecule has 43 heavy (non-hydrogen) atoms. The molecule has 1 aliphatic rings. The van der Waals surface area contributed by atoms with Gasteiger partial charge in [-0.05, 0) is 80.5 Å². The number of fused-ring (bicyclic) bond motifs is 2. The number of hydrogen-bond donors (Lipinski definition) is 3. The first-order chi connectivity index (χ1) is 21.1. The van der Waals surface area contributed by atoms with Crippen LogP contribution in [0.3, 0.4) is 0 Å². The molecule has 3 N–H and O–H groups in total. The molecule has 0 spiro atoms. The zero-order valence-corrected chi connectivity index (χ0v) is 24.2. The Morgan fingerprint density at radius 2 is 1.91 bits per heavy atom. The molecule has 1 aliphatic heterocycles. The van der Waals surface area contributed by atoms with Crippen LogP contribution in [0.15, 0.2) is 61.2 Å². The fourth-order valence-electron chi connectivity index (χ4n) is 5.79. The topological polar surface area (TPSA) is 115 Å². The van der Waals surface area contributed by atoms with E-state index in [-0.39, 0.29) is 5.82 Å². The van der Waals surface area contributed by atoms with E-state index in [0.717, 1.165) is 77.2 Å². The number of likely N-dealkylation sites (N-methyl/N-ethyl adjacent to an activating group) is 2. The van der Waals surface area contributed by atoms with Crippen molar-refractivity contribution in [1.29, 1.82) is 0 Å². The lowest BCUT2D eigenvalue weighted by molar-refractivity contribution is 0.331. The molecule has 1 saturated heterocycles. The molecule has 0 saturated carbocycles. The van der Waals surface area contributed by atoms with Gasteiger partial charge in [0.25, 0.3) is 0 Å². The molecule has 6 aromatic rings. The van der Waals surface area contributed by atoms with Crippen LogP contribution in [0.5, 0.6) is 0 Å². The molecule has 1 aromatic carbocycles. The standard InChI is InChI=1S/C32H33FN10/c1-34-7-10-42(2)24-13-21(12-23(33)14-24)25-5-6-36-31-29(25)38-32(39-31)30-26-15-27(37-18-28(26)40-41-30)22-11-20(16-35-17-22)19-43-8-3-4-9-43/h5-6,11-18,34H,3-4,7-10,19H2,1-2H3,(H,40,41)(H,36,38,39). The lowest BCUT2D eigenvalue weighted by Crippen LogP contribution is -2.27. The van der Waals surface area contributed by atoms with Gasteiger partial charge in [0.2, 0.25) is 0 Å². The number of pyridine rings is 3. The number of anilines is 1. The number of rotatable bonds is 9. The van der Waals surface area contributed by atoms with Crippen LogP contribution in [-0.2, 0) is 6.54 Å². The van der Waals surface area contributed by atoms with E-state index in [4.69, 9.17) is 9.97 Å². The van der Waals surface area contributed by atoms with Gasteiger partial charge < -0.3 is 15.2 Å². The third kappa shape index (κ3) is 5.44. The molecule has 0 amide bonds. The Morgan fingerprint density at radius 3 is 2.77 bits per heavy atom. The van der Waals surface area contributed by atoms with Crippen molar-refractivity contribution in [3.05, 3.63) is 72.6 Å². The molecule has 10 nitrogen and oxygen atoms in total. The Kier molecular flexibility index (Phi) is 7.25. The largest absolute Gasteiger partial charge is 0.373 e. The van der Waals surface area contributed by atoms with E-state index in [1.807, 2.05) is 49.6 Å². The molecular weight excluding hydrogens is 543 g/mol. The zero-order chi connectivity index (χ0) is 29.3. The third-order valence-corrected chi connectivity index (χ3v) is 8.09. The van der Waals surface area contributed by atoms with Crippen LogP contribution in [0, 0.1) is 5.82 Å². The summed E-state index contributed by atoms with van der Waals surface area (Å²) in [7, 11) is 3.86. The summed E-state index contributed by atoms with van der Waals surface area (Å²) in [6.45, 7) is 4.71. The number of halogens is 1. The van der Waals surface area contributed by atoms with Crippen molar-refractivity contribution in [3.8, 4) is 33.9 Å². The van der Waals surface area contributed by atoms with E-state index >= 15 is 0 Å². The number of nitrogens with one attached hydrogen (secondary N) is 3. The summed E-state index contributed by atoms with van der Waals surface area (Å²) in [5, 5.41) is 11.7. The van der Waals surface area contributed by atoms with E-state index < -0.39 is 0 Å². The van der Waals surface area contributed by atoms with E-state index in [1.54, 1.807) is 24.5 Å². The molecule has 6 heterocycles. The predicted molar refractivity (Wildman–Crippen MR) is 167 cm³/mol. The number of aromatic nitrogens is 7. The maximum Gasteiger partial charge on any atom is 0.178 e. The van der Waals surface area contributed by atoms with Gasteiger partial charge in [0.1, 0.15) is 11.5 Å². The number of hydrogen-bond acceptors (Lipinski definition) is 8. The Hall–Kier alpha value is -4.74. The van der Waals surface area contributed by atoms with Crippen molar-refractivity contribution >= 4 is 27.8 Å². The van der Waals surface area contributed by atoms with Crippen molar-refractivity contribution in [2.24, 2.45) is 0 Å². The molecule has 1 fully saturated rings. The number of imidazole rings is 1. The number of likely N-dealkylation sites (tertiary alicyclic amines) is 1. The Labute approximate surface area is 248 Å². The normalized spacial score (nSPS) is 13.8. The molecule has 11 heteroatoms. The minimum absolute atomic E-state index is 0.300. The lowest BCUT2D eigenvalue weighted by atomic mass is 10.0. The van der Waals surface area contributed by atoms with Crippen molar-refractivity contribution in [3.63, 3.8) is 0 Å². The van der Waals surface area contributed by atoms with Gasteiger partial charge in [0, 0.05) is 67.5 Å². The average Bonchev–Trinajstić information content (AvgIpc) is 3.79. The molecule has 218 valence electrons. The first kappa shape index (κ1) is 27.1. The molecule has 5 aromatic heterocycles. The maximum absolute atomic E-state index is 14.8. The van der Waals surface area contributed by atoms with Crippen LogP contribution in [0.25, 0.3) is 56.0 Å². The summed E-state index contributed by atoms with van der Waals surface area (Å²) in [6.07, 6.45) is 9.78.